The van der Waals surface area contributed by atoms with Gasteiger partial charge in [0.25, 0.3) is 0 Å². The van der Waals surface area contributed by atoms with Gasteiger partial charge in [-0.15, -0.1) is 0 Å². The van der Waals surface area contributed by atoms with Crippen LogP contribution in [0.25, 0.3) is 22.3 Å². The van der Waals surface area contributed by atoms with Gasteiger partial charge in [0.2, 0.25) is 5.95 Å². The van der Waals surface area contributed by atoms with E-state index in [9.17, 15) is 0 Å². The lowest BCUT2D eigenvalue weighted by molar-refractivity contribution is 0.618. The van der Waals surface area contributed by atoms with Crippen molar-refractivity contribution in [2.75, 3.05) is 5.43 Å². The lowest BCUT2D eigenvalue weighted by Crippen LogP contribution is -2.09. The third-order valence-corrected chi connectivity index (χ3v) is 4.75. The Kier molecular flexibility index (Phi) is 4.84. The molecule has 0 unspecified atom stereocenters. The lowest BCUT2D eigenvalue weighted by Gasteiger charge is -2.07. The third-order valence-electron chi connectivity index (χ3n) is 4.34. The van der Waals surface area contributed by atoms with Crippen LogP contribution in [0.5, 0.6) is 0 Å². The first kappa shape index (κ1) is 18.2. The summed E-state index contributed by atoms with van der Waals surface area (Å²) in [7, 11) is 0. The van der Waals surface area contributed by atoms with Crippen molar-refractivity contribution in [3.8, 4) is 11.3 Å². The molecule has 0 radical (unpaired) electrons. The summed E-state index contributed by atoms with van der Waals surface area (Å²) in [6, 6.07) is 17.5. The molecule has 4 rings (SSSR count). The average Bonchev–Trinajstić information content (AvgIpc) is 2.67. The molecule has 0 aliphatic carbocycles. The summed E-state index contributed by atoms with van der Waals surface area (Å²) < 4.78 is 6.14. The normalized spacial score (nSPS) is 11.8. The summed E-state index contributed by atoms with van der Waals surface area (Å²) in [4.78, 5) is 8.75. The van der Waals surface area contributed by atoms with Crippen LogP contribution < -0.4 is 10.8 Å². The molecule has 4 aromatic rings. The number of aryl methyl sites for hydroxylation is 3. The molecular formula is C22H19ClN4O. The molecule has 28 heavy (non-hydrogen) atoms. The molecule has 0 atom stereocenters. The predicted octanol–water partition coefficient (Wildman–Crippen LogP) is 5.40. The summed E-state index contributed by atoms with van der Waals surface area (Å²) in [5.74, 6) is 1.17. The Morgan fingerprint density at radius 2 is 1.64 bits per heavy atom. The van der Waals surface area contributed by atoms with E-state index in [-0.39, 0.29) is 0 Å². The van der Waals surface area contributed by atoms with E-state index in [1.165, 1.54) is 0 Å². The number of benzene rings is 2. The van der Waals surface area contributed by atoms with Crippen molar-refractivity contribution >= 4 is 28.5 Å². The van der Waals surface area contributed by atoms with E-state index < -0.39 is 0 Å². The van der Waals surface area contributed by atoms with Crippen molar-refractivity contribution in [1.29, 1.82) is 0 Å². The number of halogens is 1. The fourth-order valence-corrected chi connectivity index (χ4v) is 3.18. The zero-order chi connectivity index (χ0) is 19.7. The van der Waals surface area contributed by atoms with Gasteiger partial charge in [0.15, 0.2) is 0 Å². The second-order valence-corrected chi connectivity index (χ2v) is 7.06. The first-order valence-corrected chi connectivity index (χ1v) is 9.29. The molecule has 0 amide bonds. The molecule has 0 spiro atoms. The van der Waals surface area contributed by atoms with Crippen molar-refractivity contribution in [2.24, 2.45) is 5.10 Å². The standard InChI is InChI=1S/C22H19ClN4O/c1-13-9-21-17(11-18(13)23)19(12-20(28-21)16-7-5-4-6-8-16)26-27-22-24-14(2)10-15(3)25-22/h4-12H,1-3H3,(H,24,25,27)/b26-19-. The molecular weight excluding hydrogens is 372 g/mol. The molecule has 1 N–H and O–H groups in total. The largest absolute Gasteiger partial charge is 0.456 e. The van der Waals surface area contributed by atoms with E-state index in [4.69, 9.17) is 16.0 Å². The summed E-state index contributed by atoms with van der Waals surface area (Å²) in [5.41, 5.74) is 7.34. The van der Waals surface area contributed by atoms with Gasteiger partial charge in [-0.3, -0.25) is 0 Å². The van der Waals surface area contributed by atoms with Gasteiger partial charge in [0, 0.05) is 33.4 Å². The molecule has 2 aromatic heterocycles. The van der Waals surface area contributed by atoms with E-state index in [0.29, 0.717) is 21.9 Å². The Hall–Kier alpha value is -3.18. The van der Waals surface area contributed by atoms with Gasteiger partial charge in [-0.05, 0) is 44.5 Å². The fourth-order valence-electron chi connectivity index (χ4n) is 3.01. The van der Waals surface area contributed by atoms with Crippen molar-refractivity contribution in [1.82, 2.24) is 9.97 Å². The number of hydrogen-bond acceptors (Lipinski definition) is 5. The summed E-state index contributed by atoms with van der Waals surface area (Å²) in [6.45, 7) is 5.80. The number of hydrogen-bond donors (Lipinski definition) is 1. The van der Waals surface area contributed by atoms with Gasteiger partial charge in [-0.1, -0.05) is 41.9 Å². The molecule has 0 saturated heterocycles. The molecule has 2 heterocycles. The van der Waals surface area contributed by atoms with Crippen LogP contribution >= 0.6 is 11.6 Å². The highest BCUT2D eigenvalue weighted by Crippen LogP contribution is 2.26. The molecule has 6 heteroatoms. The predicted molar refractivity (Wildman–Crippen MR) is 112 cm³/mol. The Labute approximate surface area is 167 Å². The van der Waals surface area contributed by atoms with Crippen LogP contribution in [0, 0.1) is 20.8 Å². The Morgan fingerprint density at radius 1 is 0.929 bits per heavy atom. The third kappa shape index (κ3) is 3.75. The Balaban J connectivity index is 1.90. The maximum Gasteiger partial charge on any atom is 0.243 e. The molecule has 0 saturated carbocycles. The number of fused-ring (bicyclic) bond motifs is 1. The zero-order valence-corrected chi connectivity index (χ0v) is 16.6. The van der Waals surface area contributed by atoms with Crippen molar-refractivity contribution in [3.63, 3.8) is 0 Å². The second kappa shape index (κ2) is 7.44. The van der Waals surface area contributed by atoms with Gasteiger partial charge in [0.05, 0.1) is 5.36 Å². The van der Waals surface area contributed by atoms with E-state index in [2.05, 4.69) is 20.5 Å². The van der Waals surface area contributed by atoms with Crippen LogP contribution in [-0.4, -0.2) is 9.97 Å². The number of aromatic nitrogens is 2. The SMILES string of the molecule is Cc1cc(C)nc(N/N=c2/cc(-c3ccccc3)oc3cc(C)c(Cl)cc23)n1. The van der Waals surface area contributed by atoms with Crippen LogP contribution in [0.2, 0.25) is 5.02 Å². The first-order valence-electron chi connectivity index (χ1n) is 8.91. The Morgan fingerprint density at radius 3 is 2.36 bits per heavy atom. The van der Waals surface area contributed by atoms with E-state index in [0.717, 1.165) is 33.7 Å². The molecule has 0 aliphatic rings. The maximum atomic E-state index is 6.35. The van der Waals surface area contributed by atoms with Crippen LogP contribution in [0.1, 0.15) is 17.0 Å². The summed E-state index contributed by atoms with van der Waals surface area (Å²) >= 11 is 6.35. The van der Waals surface area contributed by atoms with E-state index >= 15 is 0 Å². The quantitative estimate of drug-likeness (QED) is 0.476. The minimum Gasteiger partial charge on any atom is -0.456 e. The topological polar surface area (TPSA) is 63.3 Å². The van der Waals surface area contributed by atoms with Crippen LogP contribution in [0.15, 0.2) is 64.1 Å². The van der Waals surface area contributed by atoms with Crippen molar-refractivity contribution < 1.29 is 4.42 Å². The molecule has 5 nitrogen and oxygen atoms in total. The maximum absolute atomic E-state index is 6.35. The van der Waals surface area contributed by atoms with Crippen molar-refractivity contribution in [2.45, 2.75) is 20.8 Å². The number of nitrogens with one attached hydrogen (secondary N) is 1. The first-order chi connectivity index (χ1) is 13.5. The smallest absolute Gasteiger partial charge is 0.243 e. The molecule has 0 bridgehead atoms. The van der Waals surface area contributed by atoms with Crippen LogP contribution in [0.4, 0.5) is 5.95 Å². The fraction of sp³-hybridized carbons (Fsp3) is 0.136. The van der Waals surface area contributed by atoms with Crippen LogP contribution in [-0.2, 0) is 0 Å². The van der Waals surface area contributed by atoms with E-state index in [1.54, 1.807) is 0 Å². The summed E-state index contributed by atoms with van der Waals surface area (Å²) in [6.07, 6.45) is 0. The molecule has 0 aliphatic heterocycles. The molecule has 2 aromatic carbocycles. The average molecular weight is 391 g/mol. The van der Waals surface area contributed by atoms with Crippen molar-refractivity contribution in [3.05, 3.63) is 81.9 Å². The number of nitrogens with zero attached hydrogens (tertiary/aromatic N) is 3. The van der Waals surface area contributed by atoms with Gasteiger partial charge >= 0.3 is 0 Å². The molecule has 140 valence electrons. The van der Waals surface area contributed by atoms with Gasteiger partial charge in [0.1, 0.15) is 11.3 Å². The highest BCUT2D eigenvalue weighted by atomic mass is 35.5. The minimum absolute atomic E-state index is 0.450. The highest BCUT2D eigenvalue weighted by Gasteiger charge is 2.09. The van der Waals surface area contributed by atoms with E-state index in [1.807, 2.05) is 75.4 Å². The lowest BCUT2D eigenvalue weighted by atomic mass is 10.1. The number of rotatable bonds is 3. The van der Waals surface area contributed by atoms with Gasteiger partial charge < -0.3 is 4.42 Å². The van der Waals surface area contributed by atoms with Gasteiger partial charge in [-0.2, -0.15) is 5.10 Å². The van der Waals surface area contributed by atoms with Gasteiger partial charge in [-0.25, -0.2) is 15.4 Å². The second-order valence-electron chi connectivity index (χ2n) is 6.66. The monoisotopic (exact) mass is 390 g/mol. The number of anilines is 1. The minimum atomic E-state index is 0.450. The summed E-state index contributed by atoms with van der Waals surface area (Å²) in [5, 5.41) is 6.72. The highest BCUT2D eigenvalue weighted by molar-refractivity contribution is 6.32. The zero-order valence-electron chi connectivity index (χ0n) is 15.8. The van der Waals surface area contributed by atoms with Crippen LogP contribution in [0.3, 0.4) is 0 Å². The molecule has 0 fully saturated rings. The Bertz CT molecular complexity index is 1210.